The monoisotopic (exact) mass is 569 g/mol. The molecule has 1 aliphatic heterocycles. The number of hydrogen-bond acceptors (Lipinski definition) is 7. The van der Waals surface area contributed by atoms with Gasteiger partial charge in [0.25, 0.3) is 0 Å². The van der Waals surface area contributed by atoms with Gasteiger partial charge in [0, 0.05) is 17.0 Å². The highest BCUT2D eigenvalue weighted by Crippen LogP contribution is 2.45. The van der Waals surface area contributed by atoms with Crippen LogP contribution in [0.3, 0.4) is 0 Å². The number of halogens is 4. The molecule has 1 aromatic carbocycles. The van der Waals surface area contributed by atoms with E-state index >= 15 is 0 Å². The van der Waals surface area contributed by atoms with Crippen LogP contribution in [0.4, 0.5) is 17.6 Å². The number of hydrogen-bond donors (Lipinski definition) is 3. The maximum absolute atomic E-state index is 14.5. The van der Waals surface area contributed by atoms with Crippen LogP contribution in [0.25, 0.3) is 22.3 Å². The highest BCUT2D eigenvalue weighted by atomic mass is 32.2. The Morgan fingerprint density at radius 2 is 2.03 bits per heavy atom. The van der Waals surface area contributed by atoms with E-state index in [-0.39, 0.29) is 33.6 Å². The summed E-state index contributed by atoms with van der Waals surface area (Å²) in [5.41, 5.74) is 0.656. The van der Waals surface area contributed by atoms with Crippen LogP contribution in [-0.2, 0) is 19.8 Å². The number of carboxylic acids is 1. The second-order valence-electron chi connectivity index (χ2n) is 8.62. The number of thioether (sulfide) groups is 1. The van der Waals surface area contributed by atoms with Crippen LogP contribution in [-0.4, -0.2) is 41.3 Å². The number of nitrogens with zero attached hydrogens (tertiary/aromatic N) is 3. The number of nitriles is 1. The third-order valence-corrected chi connectivity index (χ3v) is 8.52. The SMILES string of the molecule is Cc1cc2c(cc1F)c(C#N)c(-c1ccc(S(=O)(=O)N[C@@H](C)C(F)(F)F)cn1)n2C1(C)NC(C(=O)O)=CS1. The van der Waals surface area contributed by atoms with Crippen LogP contribution in [0.5, 0.6) is 0 Å². The lowest BCUT2D eigenvalue weighted by Gasteiger charge is -2.30. The first kappa shape index (κ1) is 27.4. The van der Waals surface area contributed by atoms with Crippen molar-refractivity contribution in [3.05, 3.63) is 58.5 Å². The maximum atomic E-state index is 14.5. The molecule has 3 heterocycles. The van der Waals surface area contributed by atoms with Crippen LogP contribution in [0.1, 0.15) is 25.0 Å². The molecule has 0 spiro atoms. The Morgan fingerprint density at radius 3 is 2.55 bits per heavy atom. The van der Waals surface area contributed by atoms with Gasteiger partial charge < -0.3 is 15.0 Å². The Bertz CT molecular complexity index is 1640. The van der Waals surface area contributed by atoms with E-state index in [0.29, 0.717) is 12.4 Å². The number of alkyl halides is 3. The predicted molar refractivity (Wildman–Crippen MR) is 131 cm³/mol. The third-order valence-electron chi connectivity index (χ3n) is 5.90. The fourth-order valence-electron chi connectivity index (χ4n) is 3.95. The molecule has 4 rings (SSSR count). The van der Waals surface area contributed by atoms with Gasteiger partial charge in [0.05, 0.1) is 22.5 Å². The highest BCUT2D eigenvalue weighted by Gasteiger charge is 2.40. The fraction of sp³-hybridized carbons (Fsp3) is 0.261. The van der Waals surface area contributed by atoms with E-state index in [1.807, 2.05) is 6.07 Å². The van der Waals surface area contributed by atoms with Gasteiger partial charge in [-0.15, -0.1) is 0 Å². The van der Waals surface area contributed by atoms with E-state index in [1.165, 1.54) is 35.3 Å². The van der Waals surface area contributed by atoms with Gasteiger partial charge in [-0.25, -0.2) is 17.6 Å². The van der Waals surface area contributed by atoms with Gasteiger partial charge in [-0.05, 0) is 50.6 Å². The van der Waals surface area contributed by atoms with E-state index in [0.717, 1.165) is 24.0 Å². The van der Waals surface area contributed by atoms with E-state index in [4.69, 9.17) is 0 Å². The largest absolute Gasteiger partial charge is 0.477 e. The second-order valence-corrected chi connectivity index (χ2v) is 11.6. The van der Waals surface area contributed by atoms with Crippen molar-refractivity contribution in [2.45, 2.75) is 42.9 Å². The van der Waals surface area contributed by atoms with E-state index < -0.39 is 43.9 Å². The Balaban J connectivity index is 1.90. The molecule has 1 unspecified atom stereocenters. The number of benzene rings is 1. The first-order valence-corrected chi connectivity index (χ1v) is 13.2. The summed E-state index contributed by atoms with van der Waals surface area (Å²) >= 11 is 1.07. The van der Waals surface area contributed by atoms with Crippen molar-refractivity contribution in [1.82, 2.24) is 19.6 Å². The minimum atomic E-state index is -4.80. The Kier molecular flexibility index (Phi) is 6.71. The lowest BCUT2D eigenvalue weighted by Crippen LogP contribution is -2.43. The minimum Gasteiger partial charge on any atom is -0.477 e. The fourth-order valence-corrected chi connectivity index (χ4v) is 6.10. The summed E-state index contributed by atoms with van der Waals surface area (Å²) in [4.78, 5) is 13.9. The first-order valence-electron chi connectivity index (χ1n) is 10.8. The van der Waals surface area contributed by atoms with Crippen molar-refractivity contribution in [3.8, 4) is 17.5 Å². The van der Waals surface area contributed by atoms with Crippen molar-refractivity contribution in [1.29, 1.82) is 5.26 Å². The van der Waals surface area contributed by atoms with Crippen molar-refractivity contribution in [3.63, 3.8) is 0 Å². The molecule has 0 aliphatic carbocycles. The number of pyridine rings is 1. The summed E-state index contributed by atoms with van der Waals surface area (Å²) in [6.45, 7) is 3.81. The van der Waals surface area contributed by atoms with Crippen molar-refractivity contribution < 1.29 is 35.9 Å². The quantitative estimate of drug-likeness (QED) is 0.377. The molecular weight excluding hydrogens is 550 g/mol. The molecule has 0 amide bonds. The molecule has 0 radical (unpaired) electrons. The molecule has 15 heteroatoms. The number of carbonyl (C=O) groups is 1. The first-order chi connectivity index (χ1) is 17.6. The molecule has 1 aliphatic rings. The van der Waals surface area contributed by atoms with Crippen LogP contribution in [0, 0.1) is 24.1 Å². The number of nitrogens with one attached hydrogen (secondary N) is 2. The Morgan fingerprint density at radius 1 is 1.34 bits per heavy atom. The van der Waals surface area contributed by atoms with Crippen LogP contribution in [0.2, 0.25) is 0 Å². The lowest BCUT2D eigenvalue weighted by molar-refractivity contribution is -0.147. The second kappa shape index (κ2) is 9.29. The molecule has 200 valence electrons. The topological polar surface area (TPSA) is 137 Å². The zero-order valence-corrected chi connectivity index (χ0v) is 21.5. The molecule has 0 bridgehead atoms. The lowest BCUT2D eigenvalue weighted by atomic mass is 10.1. The van der Waals surface area contributed by atoms with Crippen molar-refractivity contribution in [2.75, 3.05) is 0 Å². The molecule has 0 fully saturated rings. The van der Waals surface area contributed by atoms with Crippen LogP contribution >= 0.6 is 11.8 Å². The zero-order chi connectivity index (χ0) is 28.2. The number of aromatic nitrogens is 2. The van der Waals surface area contributed by atoms with Gasteiger partial charge in [0.15, 0.2) is 4.99 Å². The summed E-state index contributed by atoms with van der Waals surface area (Å²) in [7, 11) is -4.59. The normalized spacial score (nSPS) is 18.6. The molecule has 2 atom stereocenters. The molecule has 0 saturated carbocycles. The van der Waals surface area contributed by atoms with Gasteiger partial charge in [0.1, 0.15) is 28.5 Å². The van der Waals surface area contributed by atoms with E-state index in [2.05, 4.69) is 10.3 Å². The summed E-state index contributed by atoms with van der Waals surface area (Å²) in [5, 5.41) is 23.9. The minimum absolute atomic E-state index is 0.0155. The van der Waals surface area contributed by atoms with Gasteiger partial charge in [-0.3, -0.25) is 4.98 Å². The summed E-state index contributed by atoms with van der Waals surface area (Å²) < 4.78 is 81.2. The van der Waals surface area contributed by atoms with Gasteiger partial charge >= 0.3 is 12.1 Å². The van der Waals surface area contributed by atoms with Crippen molar-refractivity contribution >= 4 is 38.7 Å². The van der Waals surface area contributed by atoms with Crippen LogP contribution < -0.4 is 10.0 Å². The van der Waals surface area contributed by atoms with Crippen molar-refractivity contribution in [2.24, 2.45) is 0 Å². The number of fused-ring (bicyclic) bond motifs is 1. The molecule has 3 aromatic rings. The zero-order valence-electron chi connectivity index (χ0n) is 19.9. The van der Waals surface area contributed by atoms with E-state index in [1.54, 1.807) is 11.5 Å². The number of aryl methyl sites for hydroxylation is 1. The number of sulfonamides is 1. The molecule has 3 N–H and O–H groups in total. The molecule has 0 saturated heterocycles. The third kappa shape index (κ3) is 4.70. The standard InChI is InChI=1S/C23H19F4N5O4S2/c1-11-6-19-14(7-16(11)24)15(8-28)20(32(19)22(3)30-18(10-37-22)21(33)34)17-5-4-13(9-29-17)38(35,36)31-12(2)23(25,26)27/h4-7,9-10,12,30-31H,1-3H3,(H,33,34)/t12-,22?/m0/s1. The van der Waals surface area contributed by atoms with E-state index in [9.17, 15) is 41.1 Å². The average Bonchev–Trinajstić information content (AvgIpc) is 3.37. The Hall–Kier alpha value is -3.61. The molecular formula is C23H19F4N5O4S2. The molecule has 38 heavy (non-hydrogen) atoms. The summed E-state index contributed by atoms with van der Waals surface area (Å²) in [6.07, 6.45) is -3.96. The number of rotatable bonds is 6. The molecule has 9 nitrogen and oxygen atoms in total. The predicted octanol–water partition coefficient (Wildman–Crippen LogP) is 4.14. The average molecular weight is 570 g/mol. The summed E-state index contributed by atoms with van der Waals surface area (Å²) in [6, 6.07) is 4.55. The van der Waals surface area contributed by atoms with Crippen LogP contribution in [0.15, 0.2) is 46.5 Å². The highest BCUT2D eigenvalue weighted by molar-refractivity contribution is 8.03. The Labute approximate surface area is 218 Å². The summed E-state index contributed by atoms with van der Waals surface area (Å²) in [5.74, 6) is -1.81. The maximum Gasteiger partial charge on any atom is 0.404 e. The number of carboxylic acid groups (broad SMARTS) is 1. The van der Waals surface area contributed by atoms with Gasteiger partial charge in [-0.2, -0.15) is 23.2 Å². The van der Waals surface area contributed by atoms with Gasteiger partial charge in [-0.1, -0.05) is 11.8 Å². The molecule has 2 aromatic heterocycles. The number of aliphatic carboxylic acids is 1. The van der Waals surface area contributed by atoms with Gasteiger partial charge in [0.2, 0.25) is 10.0 Å². The smallest absolute Gasteiger partial charge is 0.404 e.